The molecule has 2 N–H and O–H groups in total. The first-order valence-corrected chi connectivity index (χ1v) is 6.74. The Labute approximate surface area is 106 Å². The van der Waals surface area contributed by atoms with E-state index >= 15 is 0 Å². The van der Waals surface area contributed by atoms with Crippen molar-refractivity contribution < 1.29 is 14.7 Å². The molecule has 0 aromatic rings. The quantitative estimate of drug-likeness (QED) is 0.743. The highest BCUT2D eigenvalue weighted by molar-refractivity contribution is 5.89. The number of carboxylic acid groups (broad SMARTS) is 1. The summed E-state index contributed by atoms with van der Waals surface area (Å²) in [6, 6.07) is 0. The summed E-state index contributed by atoms with van der Waals surface area (Å²) in [7, 11) is 0. The van der Waals surface area contributed by atoms with Crippen LogP contribution in [-0.2, 0) is 9.59 Å². The molecule has 4 heteroatoms. The van der Waals surface area contributed by atoms with E-state index in [0.29, 0.717) is 11.8 Å². The second kappa shape index (κ2) is 3.84. The van der Waals surface area contributed by atoms with E-state index in [1.165, 1.54) is 0 Å². The Morgan fingerprint density at radius 1 is 1.28 bits per heavy atom. The number of carboxylic acids is 1. The lowest BCUT2D eigenvalue weighted by atomic mass is 9.89. The molecule has 0 radical (unpaired) electrons. The van der Waals surface area contributed by atoms with Crippen molar-refractivity contribution in [1.29, 1.82) is 0 Å². The third kappa shape index (κ3) is 1.74. The largest absolute Gasteiger partial charge is 0.480 e. The smallest absolute Gasteiger partial charge is 0.329 e. The zero-order valence-corrected chi connectivity index (χ0v) is 10.6. The van der Waals surface area contributed by atoms with Crippen LogP contribution < -0.4 is 5.32 Å². The molecule has 98 valence electrons. The second-order valence-electron chi connectivity index (χ2n) is 6.16. The summed E-state index contributed by atoms with van der Waals surface area (Å²) in [5.41, 5.74) is -1.07. The third-order valence-corrected chi connectivity index (χ3v) is 4.84. The minimum atomic E-state index is -1.07. The van der Waals surface area contributed by atoms with Crippen molar-refractivity contribution >= 4 is 11.9 Å². The number of carbonyl (C=O) groups excluding carboxylic acids is 1. The molecule has 0 saturated heterocycles. The molecule has 2 saturated carbocycles. The lowest BCUT2D eigenvalue weighted by Gasteiger charge is -2.29. The lowest BCUT2D eigenvalue weighted by Crippen LogP contribution is -2.55. The van der Waals surface area contributed by atoms with E-state index in [-0.39, 0.29) is 17.7 Å². The van der Waals surface area contributed by atoms with Gasteiger partial charge in [0.25, 0.3) is 0 Å². The van der Waals surface area contributed by atoms with Crippen molar-refractivity contribution in [2.45, 2.75) is 38.1 Å². The number of allylic oxidation sites excluding steroid dienone is 2. The molecule has 3 aliphatic carbocycles. The van der Waals surface area contributed by atoms with Gasteiger partial charge in [-0.05, 0) is 50.4 Å². The fraction of sp³-hybridized carbons (Fsp3) is 0.714. The second-order valence-corrected chi connectivity index (χ2v) is 6.16. The first-order valence-electron chi connectivity index (χ1n) is 6.74. The fourth-order valence-corrected chi connectivity index (χ4v) is 3.42. The van der Waals surface area contributed by atoms with Gasteiger partial charge in [0.1, 0.15) is 5.54 Å². The van der Waals surface area contributed by atoms with Gasteiger partial charge in [-0.25, -0.2) is 4.79 Å². The fourth-order valence-electron chi connectivity index (χ4n) is 3.42. The Bertz CT molecular complexity index is 427. The maximum atomic E-state index is 12.3. The van der Waals surface area contributed by atoms with Crippen LogP contribution >= 0.6 is 0 Å². The topological polar surface area (TPSA) is 66.4 Å². The van der Waals surface area contributed by atoms with E-state index in [4.69, 9.17) is 0 Å². The predicted octanol–water partition coefficient (Wildman–Crippen LogP) is 1.57. The van der Waals surface area contributed by atoms with Crippen molar-refractivity contribution in [1.82, 2.24) is 5.32 Å². The number of hydrogen-bond acceptors (Lipinski definition) is 2. The zero-order chi connectivity index (χ0) is 12.9. The van der Waals surface area contributed by atoms with Gasteiger partial charge < -0.3 is 10.4 Å². The molecule has 3 aliphatic rings. The molecule has 3 rings (SSSR count). The SMILES string of the molecule is CC(NC(=O)C1CC2C=CC1C2)(C(=O)O)C1CC1. The molecule has 4 atom stereocenters. The number of amides is 1. The average Bonchev–Trinajstić information content (AvgIpc) is 2.98. The minimum absolute atomic E-state index is 0.0163. The Hall–Kier alpha value is -1.32. The van der Waals surface area contributed by atoms with Gasteiger partial charge in [-0.3, -0.25) is 4.79 Å². The summed E-state index contributed by atoms with van der Waals surface area (Å²) >= 11 is 0. The van der Waals surface area contributed by atoms with Crippen LogP contribution in [0.3, 0.4) is 0 Å². The maximum Gasteiger partial charge on any atom is 0.329 e. The van der Waals surface area contributed by atoms with Gasteiger partial charge in [0.15, 0.2) is 0 Å². The van der Waals surface area contributed by atoms with Crippen molar-refractivity contribution in [2.24, 2.45) is 23.7 Å². The molecule has 2 fully saturated rings. The van der Waals surface area contributed by atoms with E-state index in [1.807, 2.05) is 0 Å². The highest BCUT2D eigenvalue weighted by atomic mass is 16.4. The number of fused-ring (bicyclic) bond motifs is 2. The molecule has 0 aromatic carbocycles. The first kappa shape index (κ1) is 11.8. The van der Waals surface area contributed by atoms with E-state index in [1.54, 1.807) is 6.92 Å². The number of nitrogens with one attached hydrogen (secondary N) is 1. The summed E-state index contributed by atoms with van der Waals surface area (Å²) in [6.07, 6.45) is 8.05. The molecule has 0 aromatic heterocycles. The first-order chi connectivity index (χ1) is 8.50. The Kier molecular flexibility index (Phi) is 2.50. The minimum Gasteiger partial charge on any atom is -0.480 e. The monoisotopic (exact) mass is 249 g/mol. The summed E-state index contributed by atoms with van der Waals surface area (Å²) in [5.74, 6) is -0.0267. The van der Waals surface area contributed by atoms with Gasteiger partial charge in [-0.15, -0.1) is 0 Å². The van der Waals surface area contributed by atoms with Crippen molar-refractivity contribution in [2.75, 3.05) is 0 Å². The molecule has 0 spiro atoms. The van der Waals surface area contributed by atoms with Gasteiger partial charge >= 0.3 is 5.97 Å². The standard InChI is InChI=1S/C14H19NO3/c1-14(13(17)18,10-4-5-10)15-12(16)11-7-8-2-3-9(11)6-8/h2-3,8-11H,4-7H2,1H3,(H,15,16)(H,17,18). The van der Waals surface area contributed by atoms with Crippen molar-refractivity contribution in [3.05, 3.63) is 12.2 Å². The van der Waals surface area contributed by atoms with Crippen LogP contribution in [0.25, 0.3) is 0 Å². The Morgan fingerprint density at radius 3 is 2.44 bits per heavy atom. The highest BCUT2D eigenvalue weighted by Crippen LogP contribution is 2.45. The molecule has 18 heavy (non-hydrogen) atoms. The van der Waals surface area contributed by atoms with Gasteiger partial charge in [-0.2, -0.15) is 0 Å². The molecule has 0 aliphatic heterocycles. The van der Waals surface area contributed by atoms with Crippen LogP contribution in [0.4, 0.5) is 0 Å². The van der Waals surface area contributed by atoms with E-state index in [2.05, 4.69) is 17.5 Å². The Morgan fingerprint density at radius 2 is 2.00 bits per heavy atom. The number of rotatable bonds is 4. The number of carbonyl (C=O) groups is 2. The summed E-state index contributed by atoms with van der Waals surface area (Å²) in [6.45, 7) is 1.65. The molecule has 4 unspecified atom stereocenters. The molecule has 0 heterocycles. The normalized spacial score (nSPS) is 36.4. The van der Waals surface area contributed by atoms with Gasteiger partial charge in [-0.1, -0.05) is 12.2 Å². The predicted molar refractivity (Wildman–Crippen MR) is 65.8 cm³/mol. The van der Waals surface area contributed by atoms with Gasteiger partial charge in [0.05, 0.1) is 0 Å². The van der Waals surface area contributed by atoms with Gasteiger partial charge in [0.2, 0.25) is 5.91 Å². The van der Waals surface area contributed by atoms with Crippen LogP contribution in [0.15, 0.2) is 12.2 Å². The highest BCUT2D eigenvalue weighted by Gasteiger charge is 2.50. The van der Waals surface area contributed by atoms with Crippen LogP contribution in [0.1, 0.15) is 32.6 Å². The van der Waals surface area contributed by atoms with Crippen molar-refractivity contribution in [3.63, 3.8) is 0 Å². The number of hydrogen-bond donors (Lipinski definition) is 2. The zero-order valence-electron chi connectivity index (χ0n) is 10.6. The average molecular weight is 249 g/mol. The van der Waals surface area contributed by atoms with Gasteiger partial charge in [0, 0.05) is 5.92 Å². The van der Waals surface area contributed by atoms with E-state index in [9.17, 15) is 14.7 Å². The molecule has 4 nitrogen and oxygen atoms in total. The number of aliphatic carboxylic acids is 1. The van der Waals surface area contributed by atoms with Crippen LogP contribution in [0.5, 0.6) is 0 Å². The molecule has 1 amide bonds. The summed E-state index contributed by atoms with van der Waals surface area (Å²) < 4.78 is 0. The third-order valence-electron chi connectivity index (χ3n) is 4.84. The summed E-state index contributed by atoms with van der Waals surface area (Å²) in [5, 5.41) is 12.1. The Balaban J connectivity index is 1.70. The molecular weight excluding hydrogens is 230 g/mol. The lowest BCUT2D eigenvalue weighted by molar-refractivity contribution is -0.148. The molecular formula is C14H19NO3. The van der Waals surface area contributed by atoms with Crippen LogP contribution in [-0.4, -0.2) is 22.5 Å². The van der Waals surface area contributed by atoms with E-state index < -0.39 is 11.5 Å². The molecule has 2 bridgehead atoms. The van der Waals surface area contributed by atoms with Crippen LogP contribution in [0, 0.1) is 23.7 Å². The summed E-state index contributed by atoms with van der Waals surface area (Å²) in [4.78, 5) is 23.7. The maximum absolute atomic E-state index is 12.3. The van der Waals surface area contributed by atoms with Crippen LogP contribution in [0.2, 0.25) is 0 Å². The van der Waals surface area contributed by atoms with Crippen molar-refractivity contribution in [3.8, 4) is 0 Å². The van der Waals surface area contributed by atoms with E-state index in [0.717, 1.165) is 25.7 Å².